The summed E-state index contributed by atoms with van der Waals surface area (Å²) in [5, 5.41) is 11.5. The molecule has 0 aliphatic rings. The summed E-state index contributed by atoms with van der Waals surface area (Å²) in [6.45, 7) is 18.6. The van der Waals surface area contributed by atoms with Gasteiger partial charge in [-0.05, 0) is 56.0 Å². The number of hydrogen-bond acceptors (Lipinski definition) is 6. The fourth-order valence-electron chi connectivity index (χ4n) is 4.59. The summed E-state index contributed by atoms with van der Waals surface area (Å²) in [6, 6.07) is 15.4. The van der Waals surface area contributed by atoms with Crippen molar-refractivity contribution in [2.45, 2.75) is 40.7 Å². The zero-order chi connectivity index (χ0) is 27.9. The van der Waals surface area contributed by atoms with E-state index in [2.05, 4.69) is 54.6 Å². The van der Waals surface area contributed by atoms with Gasteiger partial charge in [-0.2, -0.15) is 0 Å². The molecule has 1 atom stereocenters. The summed E-state index contributed by atoms with van der Waals surface area (Å²) in [7, 11) is 0. The maximum atomic E-state index is 13.0. The molecule has 0 aromatic heterocycles. The van der Waals surface area contributed by atoms with Crippen LogP contribution < -0.4 is 10.1 Å². The molecule has 0 unspecified atom stereocenters. The van der Waals surface area contributed by atoms with Gasteiger partial charge in [0.2, 0.25) is 0 Å². The first-order valence-electron chi connectivity index (χ1n) is 13.9. The molecule has 0 fully saturated rings. The lowest BCUT2D eigenvalue weighted by atomic mass is 10.0. The molecule has 0 aliphatic carbocycles. The third kappa shape index (κ3) is 9.74. The van der Waals surface area contributed by atoms with E-state index in [9.17, 15) is 9.59 Å². The molecule has 2 aromatic carbocycles. The smallest absolute Gasteiger partial charge is 0.322 e. The Morgan fingerprint density at radius 1 is 0.842 bits per heavy atom. The van der Waals surface area contributed by atoms with Gasteiger partial charge in [0.25, 0.3) is 5.91 Å². The maximum absolute atomic E-state index is 13.0. The van der Waals surface area contributed by atoms with E-state index in [1.165, 1.54) is 0 Å². The number of amides is 1. The number of benzene rings is 2. The SMILES string of the molecule is CCN(CC)CCN(CC)C[C@H](COc1ccc(-c2ccccc2)cc1C(=O)NCC(=O)O)N(CC)CC. The fraction of sp³-hybridized carbons (Fsp3) is 0.533. The van der Waals surface area contributed by atoms with Crippen LogP contribution in [-0.2, 0) is 4.79 Å². The Hall–Kier alpha value is -2.94. The van der Waals surface area contributed by atoms with Crippen LogP contribution >= 0.6 is 0 Å². The van der Waals surface area contributed by atoms with Gasteiger partial charge < -0.3 is 25.0 Å². The molecular weight excluding hydrogens is 480 g/mol. The average Bonchev–Trinajstić information content (AvgIpc) is 2.95. The lowest BCUT2D eigenvalue weighted by molar-refractivity contribution is -0.135. The highest BCUT2D eigenvalue weighted by Gasteiger charge is 2.22. The molecule has 2 rings (SSSR count). The zero-order valence-electron chi connectivity index (χ0n) is 23.8. The number of ether oxygens (including phenoxy) is 1. The predicted octanol–water partition coefficient (Wildman–Crippen LogP) is 3.92. The van der Waals surface area contributed by atoms with Gasteiger partial charge in [-0.15, -0.1) is 0 Å². The van der Waals surface area contributed by atoms with Crippen LogP contribution in [0.25, 0.3) is 11.1 Å². The minimum Gasteiger partial charge on any atom is -0.491 e. The second kappa shape index (κ2) is 16.8. The molecule has 0 saturated carbocycles. The van der Waals surface area contributed by atoms with Crippen molar-refractivity contribution >= 4 is 11.9 Å². The van der Waals surface area contributed by atoms with Crippen LogP contribution in [0.2, 0.25) is 0 Å². The first kappa shape index (κ1) is 31.3. The Kier molecular flexibility index (Phi) is 13.8. The summed E-state index contributed by atoms with van der Waals surface area (Å²) in [4.78, 5) is 31.4. The van der Waals surface area contributed by atoms with Crippen molar-refractivity contribution in [3.63, 3.8) is 0 Å². The molecule has 1 amide bonds. The van der Waals surface area contributed by atoms with Crippen molar-refractivity contribution in [2.24, 2.45) is 0 Å². The second-order valence-corrected chi connectivity index (χ2v) is 9.26. The van der Waals surface area contributed by atoms with E-state index in [0.29, 0.717) is 17.9 Å². The fourth-order valence-corrected chi connectivity index (χ4v) is 4.59. The topological polar surface area (TPSA) is 85.3 Å². The number of rotatable bonds is 18. The summed E-state index contributed by atoms with van der Waals surface area (Å²) in [6.07, 6.45) is 0. The van der Waals surface area contributed by atoms with Crippen molar-refractivity contribution in [3.05, 3.63) is 54.1 Å². The number of carbonyl (C=O) groups excluding carboxylic acids is 1. The first-order chi connectivity index (χ1) is 18.4. The quantitative estimate of drug-likeness (QED) is 0.305. The van der Waals surface area contributed by atoms with E-state index in [0.717, 1.165) is 63.5 Å². The number of carbonyl (C=O) groups is 2. The third-order valence-corrected chi connectivity index (χ3v) is 7.03. The van der Waals surface area contributed by atoms with Crippen LogP contribution in [0.5, 0.6) is 5.75 Å². The minimum absolute atomic E-state index is 0.144. The highest BCUT2D eigenvalue weighted by Crippen LogP contribution is 2.27. The van der Waals surface area contributed by atoms with Crippen molar-refractivity contribution in [1.29, 1.82) is 0 Å². The summed E-state index contributed by atoms with van der Waals surface area (Å²) >= 11 is 0. The lowest BCUT2D eigenvalue weighted by Gasteiger charge is -2.34. The Morgan fingerprint density at radius 3 is 2.05 bits per heavy atom. The number of nitrogens with zero attached hydrogens (tertiary/aromatic N) is 3. The van der Waals surface area contributed by atoms with E-state index in [4.69, 9.17) is 9.84 Å². The predicted molar refractivity (Wildman–Crippen MR) is 154 cm³/mol. The van der Waals surface area contributed by atoms with Crippen LogP contribution in [0.15, 0.2) is 48.5 Å². The highest BCUT2D eigenvalue weighted by molar-refractivity contribution is 5.99. The van der Waals surface area contributed by atoms with Crippen LogP contribution in [0.1, 0.15) is 45.0 Å². The van der Waals surface area contributed by atoms with E-state index in [1.54, 1.807) is 6.07 Å². The number of aliphatic carboxylic acids is 1. The zero-order valence-corrected chi connectivity index (χ0v) is 23.8. The van der Waals surface area contributed by atoms with Crippen LogP contribution in [0.3, 0.4) is 0 Å². The van der Waals surface area contributed by atoms with Gasteiger partial charge in [-0.25, -0.2) is 0 Å². The van der Waals surface area contributed by atoms with E-state index < -0.39 is 18.4 Å². The molecule has 0 spiro atoms. The van der Waals surface area contributed by atoms with Gasteiger partial charge >= 0.3 is 5.97 Å². The third-order valence-electron chi connectivity index (χ3n) is 7.03. The molecule has 210 valence electrons. The molecule has 38 heavy (non-hydrogen) atoms. The van der Waals surface area contributed by atoms with Gasteiger partial charge in [0.15, 0.2) is 0 Å². The molecular formula is C30H46N4O4. The number of likely N-dealkylation sites (N-methyl/N-ethyl adjacent to an activating group) is 3. The number of nitrogens with one attached hydrogen (secondary N) is 1. The van der Waals surface area contributed by atoms with Gasteiger partial charge in [0.1, 0.15) is 18.9 Å². The van der Waals surface area contributed by atoms with Crippen molar-refractivity contribution in [2.75, 3.05) is 65.5 Å². The van der Waals surface area contributed by atoms with Crippen molar-refractivity contribution in [3.8, 4) is 16.9 Å². The van der Waals surface area contributed by atoms with Crippen LogP contribution in [0, 0.1) is 0 Å². The normalized spacial score (nSPS) is 12.2. The molecule has 0 saturated heterocycles. The molecule has 0 radical (unpaired) electrons. The Balaban J connectivity index is 2.26. The maximum Gasteiger partial charge on any atom is 0.322 e. The monoisotopic (exact) mass is 526 g/mol. The number of hydrogen-bond donors (Lipinski definition) is 2. The lowest BCUT2D eigenvalue weighted by Crippen LogP contribution is -2.48. The summed E-state index contributed by atoms with van der Waals surface area (Å²) in [5.74, 6) is -1.10. The highest BCUT2D eigenvalue weighted by atomic mass is 16.5. The van der Waals surface area contributed by atoms with Crippen LogP contribution in [0.4, 0.5) is 0 Å². The Labute approximate surface area is 228 Å². The molecule has 0 aliphatic heterocycles. The second-order valence-electron chi connectivity index (χ2n) is 9.26. The molecule has 0 heterocycles. The molecule has 2 N–H and O–H groups in total. The number of carboxylic acids is 1. The Morgan fingerprint density at radius 2 is 1.47 bits per heavy atom. The first-order valence-corrected chi connectivity index (χ1v) is 13.9. The molecule has 8 nitrogen and oxygen atoms in total. The van der Waals surface area contributed by atoms with E-state index >= 15 is 0 Å². The van der Waals surface area contributed by atoms with E-state index in [-0.39, 0.29) is 6.04 Å². The van der Waals surface area contributed by atoms with Crippen molar-refractivity contribution < 1.29 is 19.4 Å². The average molecular weight is 527 g/mol. The van der Waals surface area contributed by atoms with Gasteiger partial charge in [-0.1, -0.05) is 71.0 Å². The standard InChI is InChI=1S/C30H46N4O4/c1-6-32(7-2)18-19-33(8-3)22-26(34(9-4)10-5)23-38-28-17-16-25(24-14-12-11-13-15-24)20-27(28)30(37)31-21-29(35)36/h11-17,20,26H,6-10,18-19,21-23H2,1-5H3,(H,31,37)(H,35,36)/t26-/m1/s1. The summed E-state index contributed by atoms with van der Waals surface area (Å²) in [5.41, 5.74) is 2.17. The molecule has 2 aromatic rings. The molecule has 8 heteroatoms. The largest absolute Gasteiger partial charge is 0.491 e. The molecule has 0 bridgehead atoms. The Bertz CT molecular complexity index is 977. The van der Waals surface area contributed by atoms with Gasteiger partial charge in [-0.3, -0.25) is 14.5 Å². The van der Waals surface area contributed by atoms with Gasteiger partial charge in [0, 0.05) is 19.6 Å². The van der Waals surface area contributed by atoms with Gasteiger partial charge in [0.05, 0.1) is 11.6 Å². The van der Waals surface area contributed by atoms with E-state index in [1.807, 2.05) is 42.5 Å². The minimum atomic E-state index is -1.09. The summed E-state index contributed by atoms with van der Waals surface area (Å²) < 4.78 is 6.33. The van der Waals surface area contributed by atoms with Crippen molar-refractivity contribution in [1.82, 2.24) is 20.0 Å². The van der Waals surface area contributed by atoms with Crippen LogP contribution in [-0.4, -0.2) is 103 Å². The number of carboxylic acid groups (broad SMARTS) is 1.